The summed E-state index contributed by atoms with van der Waals surface area (Å²) in [4.78, 5) is 21.0. The molecule has 0 N–H and O–H groups in total. The van der Waals surface area contributed by atoms with Crippen LogP contribution in [0.15, 0.2) is 53.6 Å². The van der Waals surface area contributed by atoms with Crippen LogP contribution in [-0.4, -0.2) is 14.5 Å². The number of benzene rings is 1. The van der Waals surface area contributed by atoms with Gasteiger partial charge in [-0.05, 0) is 56.0 Å². The van der Waals surface area contributed by atoms with E-state index in [1.807, 2.05) is 25.1 Å². The van der Waals surface area contributed by atoms with E-state index in [2.05, 4.69) is 34.8 Å². The summed E-state index contributed by atoms with van der Waals surface area (Å²) in [5.41, 5.74) is 4.03. The maximum absolute atomic E-state index is 12.7. The van der Waals surface area contributed by atoms with Gasteiger partial charge in [-0.2, -0.15) is 0 Å². The first kappa shape index (κ1) is 18.9. The van der Waals surface area contributed by atoms with Crippen molar-refractivity contribution in [3.05, 3.63) is 87.4 Å². The molecule has 1 aliphatic rings. The van der Waals surface area contributed by atoms with Crippen LogP contribution in [0, 0.1) is 31.6 Å². The lowest BCUT2D eigenvalue weighted by Gasteiger charge is -2.14. The van der Waals surface area contributed by atoms with Crippen LogP contribution in [0.25, 0.3) is 0 Å². The molecule has 1 saturated carbocycles. The van der Waals surface area contributed by atoms with E-state index in [1.165, 1.54) is 18.9 Å². The van der Waals surface area contributed by atoms with E-state index in [0.717, 1.165) is 22.4 Å². The van der Waals surface area contributed by atoms with E-state index < -0.39 is 0 Å². The molecule has 1 aromatic carbocycles. The third-order valence-corrected chi connectivity index (χ3v) is 5.06. The van der Waals surface area contributed by atoms with Crippen molar-refractivity contribution in [2.75, 3.05) is 0 Å². The molecule has 5 heteroatoms. The zero-order valence-corrected chi connectivity index (χ0v) is 16.7. The molecule has 2 aromatic heterocycles. The van der Waals surface area contributed by atoms with Crippen LogP contribution in [0.1, 0.15) is 41.1 Å². The third-order valence-electron chi connectivity index (χ3n) is 5.06. The van der Waals surface area contributed by atoms with Gasteiger partial charge in [-0.1, -0.05) is 24.0 Å². The summed E-state index contributed by atoms with van der Waals surface area (Å²) in [7, 11) is 0. The average Bonchev–Trinajstić information content (AvgIpc) is 3.55. The van der Waals surface area contributed by atoms with Crippen molar-refractivity contribution in [2.24, 2.45) is 5.92 Å². The Labute approximate surface area is 170 Å². The van der Waals surface area contributed by atoms with E-state index in [-0.39, 0.29) is 12.2 Å². The SMILES string of the molecule is Cc1c(C#CC2CC2)cccc1Cn1c(C)cc(OCc2ncccn2)cc1=O. The summed E-state index contributed by atoms with van der Waals surface area (Å²) in [6.45, 7) is 4.73. The molecule has 0 unspecified atom stereocenters. The van der Waals surface area contributed by atoms with Gasteiger partial charge in [-0.15, -0.1) is 0 Å². The number of ether oxygens (including phenoxy) is 1. The summed E-state index contributed by atoms with van der Waals surface area (Å²) in [6, 6.07) is 11.3. The molecule has 0 radical (unpaired) electrons. The van der Waals surface area contributed by atoms with E-state index >= 15 is 0 Å². The molecule has 1 fully saturated rings. The Morgan fingerprint density at radius 3 is 2.66 bits per heavy atom. The highest BCUT2D eigenvalue weighted by atomic mass is 16.5. The molecule has 2 heterocycles. The molecule has 29 heavy (non-hydrogen) atoms. The summed E-state index contributed by atoms with van der Waals surface area (Å²) in [5.74, 6) is 8.29. The Hall–Kier alpha value is -3.39. The third kappa shape index (κ3) is 4.72. The molecular weight excluding hydrogens is 362 g/mol. The molecule has 0 bridgehead atoms. The minimum absolute atomic E-state index is 0.0946. The second-order valence-corrected chi connectivity index (χ2v) is 7.34. The van der Waals surface area contributed by atoms with Gasteiger partial charge in [0.15, 0.2) is 5.82 Å². The van der Waals surface area contributed by atoms with Gasteiger partial charge in [0, 0.05) is 35.6 Å². The van der Waals surface area contributed by atoms with E-state index in [1.54, 1.807) is 23.0 Å². The highest BCUT2D eigenvalue weighted by molar-refractivity contribution is 5.45. The van der Waals surface area contributed by atoms with Crippen LogP contribution in [-0.2, 0) is 13.2 Å². The Kier molecular flexibility index (Phi) is 5.44. The summed E-state index contributed by atoms with van der Waals surface area (Å²) in [5, 5.41) is 0. The van der Waals surface area contributed by atoms with Crippen LogP contribution in [0.3, 0.4) is 0 Å². The lowest BCUT2D eigenvalue weighted by molar-refractivity contribution is 0.294. The number of aromatic nitrogens is 3. The van der Waals surface area contributed by atoms with Crippen LogP contribution >= 0.6 is 0 Å². The Balaban J connectivity index is 1.53. The fraction of sp³-hybridized carbons (Fsp3) is 0.292. The van der Waals surface area contributed by atoms with Crippen molar-refractivity contribution in [2.45, 2.75) is 39.8 Å². The predicted molar refractivity (Wildman–Crippen MR) is 112 cm³/mol. The lowest BCUT2D eigenvalue weighted by Crippen LogP contribution is -2.23. The van der Waals surface area contributed by atoms with Crippen molar-refractivity contribution >= 4 is 0 Å². The molecule has 0 spiro atoms. The zero-order valence-electron chi connectivity index (χ0n) is 16.7. The Morgan fingerprint density at radius 1 is 1.14 bits per heavy atom. The largest absolute Gasteiger partial charge is 0.485 e. The molecule has 5 nitrogen and oxygen atoms in total. The lowest BCUT2D eigenvalue weighted by atomic mass is 10.0. The fourth-order valence-electron chi connectivity index (χ4n) is 3.11. The van der Waals surface area contributed by atoms with Crippen molar-refractivity contribution < 1.29 is 4.74 Å². The maximum Gasteiger partial charge on any atom is 0.254 e. The summed E-state index contributed by atoms with van der Waals surface area (Å²) in [6.07, 6.45) is 5.76. The summed E-state index contributed by atoms with van der Waals surface area (Å²) < 4.78 is 7.46. The number of nitrogens with zero attached hydrogens (tertiary/aromatic N) is 3. The Bertz CT molecular complexity index is 1140. The first-order valence-corrected chi connectivity index (χ1v) is 9.80. The van der Waals surface area contributed by atoms with E-state index in [0.29, 0.717) is 24.0 Å². The highest BCUT2D eigenvalue weighted by Gasteiger charge is 2.18. The zero-order chi connectivity index (χ0) is 20.2. The smallest absolute Gasteiger partial charge is 0.254 e. The van der Waals surface area contributed by atoms with Gasteiger partial charge in [0.2, 0.25) is 0 Å². The number of pyridine rings is 1. The number of rotatable bonds is 5. The monoisotopic (exact) mass is 385 g/mol. The molecule has 0 aliphatic heterocycles. The van der Waals surface area contributed by atoms with Gasteiger partial charge in [0.1, 0.15) is 12.4 Å². The molecule has 4 rings (SSSR count). The van der Waals surface area contributed by atoms with E-state index in [4.69, 9.17) is 4.74 Å². The van der Waals surface area contributed by atoms with Gasteiger partial charge in [-0.25, -0.2) is 9.97 Å². The van der Waals surface area contributed by atoms with E-state index in [9.17, 15) is 4.79 Å². The summed E-state index contributed by atoms with van der Waals surface area (Å²) >= 11 is 0. The van der Waals surface area contributed by atoms with Crippen molar-refractivity contribution in [3.63, 3.8) is 0 Å². The van der Waals surface area contributed by atoms with Gasteiger partial charge >= 0.3 is 0 Å². The van der Waals surface area contributed by atoms with Crippen LogP contribution in [0.4, 0.5) is 0 Å². The van der Waals surface area contributed by atoms with Gasteiger partial charge < -0.3 is 9.30 Å². The van der Waals surface area contributed by atoms with Crippen LogP contribution in [0.2, 0.25) is 0 Å². The highest BCUT2D eigenvalue weighted by Crippen LogP contribution is 2.28. The molecule has 146 valence electrons. The van der Waals surface area contributed by atoms with Crippen LogP contribution < -0.4 is 10.3 Å². The minimum Gasteiger partial charge on any atom is -0.485 e. The van der Waals surface area contributed by atoms with Crippen molar-refractivity contribution in [1.29, 1.82) is 0 Å². The minimum atomic E-state index is -0.0946. The standard InChI is InChI=1S/C24H23N3O2/c1-17-13-22(29-16-23-25-11-4-12-26-23)14-24(28)27(17)15-21-6-3-5-20(18(21)2)10-9-19-7-8-19/h3-6,11-14,19H,7-8,15-16H2,1-2H3. The second kappa shape index (κ2) is 8.32. The molecule has 0 atom stereocenters. The Morgan fingerprint density at radius 2 is 1.93 bits per heavy atom. The van der Waals surface area contributed by atoms with Crippen LogP contribution in [0.5, 0.6) is 5.75 Å². The topological polar surface area (TPSA) is 57.0 Å². The second-order valence-electron chi connectivity index (χ2n) is 7.34. The normalized spacial score (nSPS) is 12.9. The predicted octanol–water partition coefficient (Wildman–Crippen LogP) is 3.64. The molecule has 0 amide bonds. The molecule has 1 aliphatic carbocycles. The van der Waals surface area contributed by atoms with Crippen molar-refractivity contribution in [1.82, 2.24) is 14.5 Å². The molecular formula is C24H23N3O2. The maximum atomic E-state index is 12.7. The first-order chi connectivity index (χ1) is 14.1. The number of hydrogen-bond acceptors (Lipinski definition) is 4. The fourth-order valence-corrected chi connectivity index (χ4v) is 3.11. The molecule has 3 aromatic rings. The molecule has 0 saturated heterocycles. The average molecular weight is 385 g/mol. The van der Waals surface area contributed by atoms with Gasteiger partial charge in [0.05, 0.1) is 6.54 Å². The number of hydrogen-bond donors (Lipinski definition) is 0. The number of aryl methyl sites for hydroxylation is 1. The quantitative estimate of drug-likeness (QED) is 0.629. The van der Waals surface area contributed by atoms with Gasteiger partial charge in [-0.3, -0.25) is 4.79 Å². The first-order valence-electron chi connectivity index (χ1n) is 9.80. The van der Waals surface area contributed by atoms with Gasteiger partial charge in [0.25, 0.3) is 5.56 Å². The van der Waals surface area contributed by atoms with Crippen molar-refractivity contribution in [3.8, 4) is 17.6 Å².